The van der Waals surface area contributed by atoms with Gasteiger partial charge < -0.3 is 0 Å². The molecule has 1 amide bonds. The van der Waals surface area contributed by atoms with E-state index in [9.17, 15) is 22.8 Å². The Bertz CT molecular complexity index is 830. The standard InChI is InChI=1S/C15H12F3N3O2S/c1-7-8(5-6-11(19-7)15(16,17)18)13(23)21-14-20-9-3-2-4-10(22)12(9)24-14/h5-6H,2-4H2,1H3,(H,20,21,23). The molecular formula is C15H12F3N3O2S. The van der Waals surface area contributed by atoms with Gasteiger partial charge in [-0.2, -0.15) is 13.2 Å². The number of Topliss-reactive ketones (excluding diaryl/α,β-unsaturated/α-hetero) is 1. The minimum Gasteiger partial charge on any atom is -0.298 e. The van der Waals surface area contributed by atoms with E-state index in [1.807, 2.05) is 0 Å². The number of nitrogens with one attached hydrogen (secondary N) is 1. The molecular weight excluding hydrogens is 343 g/mol. The van der Waals surface area contributed by atoms with Gasteiger partial charge in [0.25, 0.3) is 5.91 Å². The molecule has 0 unspecified atom stereocenters. The molecule has 1 aliphatic rings. The number of hydrogen-bond acceptors (Lipinski definition) is 5. The number of hydrogen-bond donors (Lipinski definition) is 1. The van der Waals surface area contributed by atoms with Crippen LogP contribution < -0.4 is 5.32 Å². The van der Waals surface area contributed by atoms with Crippen LogP contribution in [0.2, 0.25) is 0 Å². The first kappa shape index (κ1) is 16.6. The van der Waals surface area contributed by atoms with Gasteiger partial charge in [0, 0.05) is 6.42 Å². The molecule has 0 fully saturated rings. The number of aromatic nitrogens is 2. The number of carbonyl (C=O) groups excluding carboxylic acids is 2. The second kappa shape index (κ2) is 5.97. The number of anilines is 1. The zero-order valence-electron chi connectivity index (χ0n) is 12.5. The van der Waals surface area contributed by atoms with E-state index in [1.165, 1.54) is 6.92 Å². The number of halogens is 3. The first-order valence-electron chi connectivity index (χ1n) is 7.15. The minimum atomic E-state index is -4.56. The monoisotopic (exact) mass is 355 g/mol. The number of alkyl halides is 3. The van der Waals surface area contributed by atoms with E-state index in [2.05, 4.69) is 15.3 Å². The van der Waals surface area contributed by atoms with Crippen LogP contribution in [-0.4, -0.2) is 21.7 Å². The van der Waals surface area contributed by atoms with Crippen LogP contribution >= 0.6 is 11.3 Å². The molecule has 2 aromatic heterocycles. The summed E-state index contributed by atoms with van der Waals surface area (Å²) < 4.78 is 37.8. The largest absolute Gasteiger partial charge is 0.433 e. The SMILES string of the molecule is Cc1nc(C(F)(F)F)ccc1C(=O)Nc1nc2c(s1)C(=O)CCC2. The summed E-state index contributed by atoms with van der Waals surface area (Å²) >= 11 is 1.09. The van der Waals surface area contributed by atoms with Gasteiger partial charge in [-0.05, 0) is 31.9 Å². The molecule has 9 heteroatoms. The van der Waals surface area contributed by atoms with E-state index in [4.69, 9.17) is 0 Å². The summed E-state index contributed by atoms with van der Waals surface area (Å²) in [5.41, 5.74) is -0.386. The van der Waals surface area contributed by atoms with Crippen molar-refractivity contribution < 1.29 is 22.8 Å². The quantitative estimate of drug-likeness (QED) is 0.893. The van der Waals surface area contributed by atoms with E-state index in [0.717, 1.165) is 29.9 Å². The van der Waals surface area contributed by atoms with Crippen molar-refractivity contribution in [3.63, 3.8) is 0 Å². The number of amides is 1. The Hall–Kier alpha value is -2.29. The smallest absolute Gasteiger partial charge is 0.298 e. The molecule has 0 atom stereocenters. The number of nitrogens with zero attached hydrogens (tertiary/aromatic N) is 2. The summed E-state index contributed by atoms with van der Waals surface area (Å²) in [6, 6.07) is 1.84. The zero-order chi connectivity index (χ0) is 17.5. The number of fused-ring (bicyclic) bond motifs is 1. The molecule has 126 valence electrons. The van der Waals surface area contributed by atoms with E-state index in [-0.39, 0.29) is 22.2 Å². The molecule has 1 N–H and O–H groups in total. The summed E-state index contributed by atoms with van der Waals surface area (Å²) in [5.74, 6) is -0.603. The Morgan fingerprint density at radius 2 is 2.00 bits per heavy atom. The highest BCUT2D eigenvalue weighted by atomic mass is 32.1. The van der Waals surface area contributed by atoms with Gasteiger partial charge in [0.2, 0.25) is 0 Å². The Kier molecular flexibility index (Phi) is 4.12. The van der Waals surface area contributed by atoms with Crippen molar-refractivity contribution in [2.24, 2.45) is 0 Å². The molecule has 0 aromatic carbocycles. The summed E-state index contributed by atoms with van der Waals surface area (Å²) in [6.07, 6.45) is -2.70. The molecule has 0 bridgehead atoms. The average Bonchev–Trinajstić information content (AvgIpc) is 2.90. The second-order valence-corrected chi connectivity index (χ2v) is 6.35. The van der Waals surface area contributed by atoms with Gasteiger partial charge in [-0.25, -0.2) is 9.97 Å². The number of pyridine rings is 1. The third-order valence-electron chi connectivity index (χ3n) is 3.61. The van der Waals surface area contributed by atoms with Gasteiger partial charge in [0.05, 0.1) is 21.8 Å². The van der Waals surface area contributed by atoms with E-state index >= 15 is 0 Å². The molecule has 3 rings (SSSR count). The van der Waals surface area contributed by atoms with Gasteiger partial charge in [-0.3, -0.25) is 14.9 Å². The second-order valence-electron chi connectivity index (χ2n) is 5.35. The van der Waals surface area contributed by atoms with Crippen LogP contribution in [0.4, 0.5) is 18.3 Å². The van der Waals surface area contributed by atoms with Crippen molar-refractivity contribution in [1.82, 2.24) is 9.97 Å². The molecule has 0 spiro atoms. The van der Waals surface area contributed by atoms with E-state index < -0.39 is 17.8 Å². The van der Waals surface area contributed by atoms with Crippen LogP contribution in [0.25, 0.3) is 0 Å². The molecule has 24 heavy (non-hydrogen) atoms. The van der Waals surface area contributed by atoms with Crippen LogP contribution in [0.3, 0.4) is 0 Å². The van der Waals surface area contributed by atoms with Crippen molar-refractivity contribution in [2.75, 3.05) is 5.32 Å². The number of aryl methyl sites for hydroxylation is 2. The summed E-state index contributed by atoms with van der Waals surface area (Å²) in [4.78, 5) is 32.2. The van der Waals surface area contributed by atoms with Crippen molar-refractivity contribution in [3.05, 3.63) is 39.7 Å². The van der Waals surface area contributed by atoms with Gasteiger partial charge in [0.1, 0.15) is 5.69 Å². The maximum absolute atomic E-state index is 12.6. The third-order valence-corrected chi connectivity index (χ3v) is 4.66. The first-order chi connectivity index (χ1) is 11.3. The molecule has 2 heterocycles. The molecule has 0 aliphatic heterocycles. The summed E-state index contributed by atoms with van der Waals surface area (Å²) in [5, 5.41) is 2.79. The lowest BCUT2D eigenvalue weighted by Crippen LogP contribution is -2.16. The Balaban J connectivity index is 1.82. The maximum Gasteiger partial charge on any atom is 0.433 e. The molecule has 5 nitrogen and oxygen atoms in total. The van der Waals surface area contributed by atoms with Crippen LogP contribution in [0.15, 0.2) is 12.1 Å². The lowest BCUT2D eigenvalue weighted by atomic mass is 10.0. The topological polar surface area (TPSA) is 72.0 Å². The lowest BCUT2D eigenvalue weighted by Gasteiger charge is -2.09. The molecule has 2 aromatic rings. The van der Waals surface area contributed by atoms with Crippen LogP contribution in [0, 0.1) is 6.92 Å². The van der Waals surface area contributed by atoms with Crippen molar-refractivity contribution in [3.8, 4) is 0 Å². The Morgan fingerprint density at radius 3 is 2.62 bits per heavy atom. The minimum absolute atomic E-state index is 0.00151. The predicted octanol–water partition coefficient (Wildman–Crippen LogP) is 3.64. The summed E-state index contributed by atoms with van der Waals surface area (Å²) in [6.45, 7) is 1.33. The summed E-state index contributed by atoms with van der Waals surface area (Å²) in [7, 11) is 0. The normalized spacial score (nSPS) is 14.4. The highest BCUT2D eigenvalue weighted by Crippen LogP contribution is 2.31. The molecule has 0 radical (unpaired) electrons. The average molecular weight is 355 g/mol. The van der Waals surface area contributed by atoms with Crippen LogP contribution in [0.1, 0.15) is 50.0 Å². The van der Waals surface area contributed by atoms with Gasteiger partial charge >= 0.3 is 6.18 Å². The highest BCUT2D eigenvalue weighted by molar-refractivity contribution is 7.17. The van der Waals surface area contributed by atoms with Crippen LogP contribution in [-0.2, 0) is 12.6 Å². The van der Waals surface area contributed by atoms with E-state index in [1.54, 1.807) is 0 Å². The Morgan fingerprint density at radius 1 is 1.25 bits per heavy atom. The molecule has 0 saturated carbocycles. The first-order valence-corrected chi connectivity index (χ1v) is 7.96. The predicted molar refractivity (Wildman–Crippen MR) is 81.3 cm³/mol. The fourth-order valence-corrected chi connectivity index (χ4v) is 3.42. The highest BCUT2D eigenvalue weighted by Gasteiger charge is 2.33. The fourth-order valence-electron chi connectivity index (χ4n) is 2.45. The number of rotatable bonds is 2. The molecule has 0 saturated heterocycles. The maximum atomic E-state index is 12.6. The van der Waals surface area contributed by atoms with Crippen molar-refractivity contribution >= 4 is 28.2 Å². The molecule has 1 aliphatic carbocycles. The lowest BCUT2D eigenvalue weighted by molar-refractivity contribution is -0.141. The van der Waals surface area contributed by atoms with Gasteiger partial charge in [-0.15, -0.1) is 0 Å². The Labute approximate surface area is 138 Å². The van der Waals surface area contributed by atoms with Gasteiger partial charge in [-0.1, -0.05) is 11.3 Å². The number of ketones is 1. The zero-order valence-corrected chi connectivity index (χ0v) is 13.3. The van der Waals surface area contributed by atoms with Crippen molar-refractivity contribution in [1.29, 1.82) is 0 Å². The van der Waals surface area contributed by atoms with Crippen LogP contribution in [0.5, 0.6) is 0 Å². The van der Waals surface area contributed by atoms with Gasteiger partial charge in [0.15, 0.2) is 10.9 Å². The van der Waals surface area contributed by atoms with E-state index in [0.29, 0.717) is 23.4 Å². The fraction of sp³-hybridized carbons (Fsp3) is 0.333. The number of carbonyl (C=O) groups is 2. The number of thiazole rings is 1. The third kappa shape index (κ3) is 3.16. The van der Waals surface area contributed by atoms with Crippen molar-refractivity contribution in [2.45, 2.75) is 32.4 Å².